The Balaban J connectivity index is 2.02. The second kappa shape index (κ2) is 6.41. The third-order valence-electron chi connectivity index (χ3n) is 3.37. The fourth-order valence-electron chi connectivity index (χ4n) is 2.13. The van der Waals surface area contributed by atoms with E-state index in [4.69, 9.17) is 5.11 Å². The van der Waals surface area contributed by atoms with Crippen LogP contribution in [0.15, 0.2) is 0 Å². The molecular weight excluding hydrogens is 174 g/mol. The van der Waals surface area contributed by atoms with E-state index in [1.165, 1.54) is 25.7 Å². The van der Waals surface area contributed by atoms with E-state index in [1.54, 1.807) is 0 Å². The first-order valence-electron chi connectivity index (χ1n) is 6.04. The van der Waals surface area contributed by atoms with Crippen molar-refractivity contribution in [2.75, 3.05) is 19.7 Å². The maximum Gasteiger partial charge on any atom is 0.0468 e. The number of aliphatic hydroxyl groups excluding tert-OH is 1. The SMILES string of the molecule is CC1CCC(CNCC(C)CO)CC1. The van der Waals surface area contributed by atoms with E-state index >= 15 is 0 Å². The molecule has 1 saturated carbocycles. The van der Waals surface area contributed by atoms with Crippen LogP contribution in [0.5, 0.6) is 0 Å². The molecule has 2 N–H and O–H groups in total. The fraction of sp³-hybridized carbons (Fsp3) is 1.00. The Morgan fingerprint density at radius 2 is 1.93 bits per heavy atom. The van der Waals surface area contributed by atoms with Crippen LogP contribution in [0.25, 0.3) is 0 Å². The number of hydrogen-bond donors (Lipinski definition) is 2. The van der Waals surface area contributed by atoms with Crippen molar-refractivity contribution in [3.63, 3.8) is 0 Å². The van der Waals surface area contributed by atoms with Crippen LogP contribution in [0.2, 0.25) is 0 Å². The van der Waals surface area contributed by atoms with E-state index in [0.29, 0.717) is 12.5 Å². The third-order valence-corrected chi connectivity index (χ3v) is 3.37. The summed E-state index contributed by atoms with van der Waals surface area (Å²) in [7, 11) is 0. The van der Waals surface area contributed by atoms with Gasteiger partial charge < -0.3 is 10.4 Å². The maximum absolute atomic E-state index is 8.87. The molecule has 0 aromatic carbocycles. The van der Waals surface area contributed by atoms with Gasteiger partial charge in [-0.25, -0.2) is 0 Å². The minimum atomic E-state index is 0.300. The van der Waals surface area contributed by atoms with Gasteiger partial charge in [0.05, 0.1) is 0 Å². The van der Waals surface area contributed by atoms with Gasteiger partial charge in [-0.2, -0.15) is 0 Å². The second-order valence-electron chi connectivity index (χ2n) is 5.07. The third kappa shape index (κ3) is 4.43. The predicted octanol–water partition coefficient (Wildman–Crippen LogP) is 2.03. The smallest absolute Gasteiger partial charge is 0.0468 e. The molecule has 1 fully saturated rings. The van der Waals surface area contributed by atoms with Gasteiger partial charge in [-0.1, -0.05) is 26.7 Å². The van der Waals surface area contributed by atoms with E-state index < -0.39 is 0 Å². The molecular formula is C12H25NO. The van der Waals surface area contributed by atoms with E-state index in [9.17, 15) is 0 Å². The van der Waals surface area contributed by atoms with Crippen LogP contribution in [0.4, 0.5) is 0 Å². The van der Waals surface area contributed by atoms with Gasteiger partial charge in [0.15, 0.2) is 0 Å². The summed E-state index contributed by atoms with van der Waals surface area (Å²) in [4.78, 5) is 0. The molecule has 0 radical (unpaired) electrons. The van der Waals surface area contributed by atoms with Crippen molar-refractivity contribution in [2.45, 2.75) is 39.5 Å². The van der Waals surface area contributed by atoms with Crippen molar-refractivity contribution in [1.82, 2.24) is 5.32 Å². The van der Waals surface area contributed by atoms with Crippen LogP contribution in [0, 0.1) is 17.8 Å². The standard InChI is InChI=1S/C12H25NO/c1-10-3-5-12(6-4-10)8-13-7-11(2)9-14/h10-14H,3-9H2,1-2H3. The highest BCUT2D eigenvalue weighted by Crippen LogP contribution is 2.27. The van der Waals surface area contributed by atoms with Gasteiger partial charge in [0, 0.05) is 6.61 Å². The van der Waals surface area contributed by atoms with Gasteiger partial charge >= 0.3 is 0 Å². The fourth-order valence-corrected chi connectivity index (χ4v) is 2.13. The minimum absolute atomic E-state index is 0.300. The molecule has 14 heavy (non-hydrogen) atoms. The first-order valence-corrected chi connectivity index (χ1v) is 6.04. The summed E-state index contributed by atoms with van der Waals surface area (Å²) in [6, 6.07) is 0. The summed E-state index contributed by atoms with van der Waals surface area (Å²) in [5.41, 5.74) is 0. The Labute approximate surface area is 88.1 Å². The van der Waals surface area contributed by atoms with Crippen LogP contribution < -0.4 is 5.32 Å². The molecule has 0 heterocycles. The minimum Gasteiger partial charge on any atom is -0.396 e. The van der Waals surface area contributed by atoms with Crippen molar-refractivity contribution in [3.05, 3.63) is 0 Å². The molecule has 84 valence electrons. The summed E-state index contributed by atoms with van der Waals surface area (Å²) in [6.07, 6.45) is 5.59. The molecule has 0 aromatic rings. The molecule has 0 bridgehead atoms. The normalized spacial score (nSPS) is 30.2. The van der Waals surface area contributed by atoms with Crippen LogP contribution in [-0.2, 0) is 0 Å². The molecule has 0 aliphatic heterocycles. The van der Waals surface area contributed by atoms with Crippen molar-refractivity contribution in [2.24, 2.45) is 17.8 Å². The lowest BCUT2D eigenvalue weighted by atomic mass is 9.83. The Hall–Kier alpha value is -0.0800. The molecule has 0 saturated heterocycles. The number of nitrogens with one attached hydrogen (secondary N) is 1. The average molecular weight is 199 g/mol. The number of aliphatic hydroxyl groups is 1. The highest BCUT2D eigenvalue weighted by molar-refractivity contribution is 4.72. The Kier molecular flexibility index (Phi) is 5.49. The summed E-state index contributed by atoms with van der Waals surface area (Å²) >= 11 is 0. The van der Waals surface area contributed by atoms with Gasteiger partial charge in [-0.05, 0) is 43.7 Å². The van der Waals surface area contributed by atoms with E-state index in [-0.39, 0.29) is 0 Å². The van der Waals surface area contributed by atoms with Crippen LogP contribution in [-0.4, -0.2) is 24.8 Å². The molecule has 2 nitrogen and oxygen atoms in total. The zero-order valence-electron chi connectivity index (χ0n) is 9.63. The van der Waals surface area contributed by atoms with Crippen LogP contribution in [0.1, 0.15) is 39.5 Å². The van der Waals surface area contributed by atoms with E-state index in [0.717, 1.165) is 24.9 Å². The first kappa shape index (κ1) is 12.0. The first-order chi connectivity index (χ1) is 6.72. The van der Waals surface area contributed by atoms with Crippen molar-refractivity contribution < 1.29 is 5.11 Å². The molecule has 1 atom stereocenters. The molecule has 0 amide bonds. The van der Waals surface area contributed by atoms with Crippen molar-refractivity contribution in [3.8, 4) is 0 Å². The highest BCUT2D eigenvalue weighted by Gasteiger charge is 2.17. The molecule has 0 aromatic heterocycles. The van der Waals surface area contributed by atoms with E-state index in [1.807, 2.05) is 0 Å². The quantitative estimate of drug-likeness (QED) is 0.710. The second-order valence-corrected chi connectivity index (χ2v) is 5.07. The van der Waals surface area contributed by atoms with Crippen molar-refractivity contribution >= 4 is 0 Å². The van der Waals surface area contributed by atoms with E-state index in [2.05, 4.69) is 19.2 Å². The Morgan fingerprint density at radius 1 is 1.29 bits per heavy atom. The molecule has 1 unspecified atom stereocenters. The van der Waals surface area contributed by atoms with Gasteiger partial charge in [0.2, 0.25) is 0 Å². The summed E-state index contributed by atoms with van der Waals surface area (Å²) in [5.74, 6) is 2.23. The largest absolute Gasteiger partial charge is 0.396 e. The molecule has 1 aliphatic rings. The van der Waals surface area contributed by atoms with Crippen LogP contribution in [0.3, 0.4) is 0 Å². The molecule has 2 heteroatoms. The van der Waals surface area contributed by atoms with Gasteiger partial charge in [-0.15, -0.1) is 0 Å². The summed E-state index contributed by atoms with van der Waals surface area (Å²) in [6.45, 7) is 6.85. The lowest BCUT2D eigenvalue weighted by Crippen LogP contribution is -2.30. The summed E-state index contributed by atoms with van der Waals surface area (Å²) in [5, 5.41) is 12.3. The predicted molar refractivity (Wildman–Crippen MR) is 60.2 cm³/mol. The number of rotatable bonds is 5. The molecule has 1 rings (SSSR count). The molecule has 1 aliphatic carbocycles. The number of hydrogen-bond acceptors (Lipinski definition) is 2. The lowest BCUT2D eigenvalue weighted by Gasteiger charge is -2.26. The maximum atomic E-state index is 8.87. The Bertz CT molecular complexity index is 141. The lowest BCUT2D eigenvalue weighted by molar-refractivity contribution is 0.226. The zero-order chi connectivity index (χ0) is 10.4. The monoisotopic (exact) mass is 199 g/mol. The Morgan fingerprint density at radius 3 is 2.50 bits per heavy atom. The topological polar surface area (TPSA) is 32.3 Å². The van der Waals surface area contributed by atoms with Gasteiger partial charge in [0.1, 0.15) is 0 Å². The van der Waals surface area contributed by atoms with Gasteiger partial charge in [0.25, 0.3) is 0 Å². The summed E-state index contributed by atoms with van der Waals surface area (Å²) < 4.78 is 0. The van der Waals surface area contributed by atoms with Gasteiger partial charge in [-0.3, -0.25) is 0 Å². The zero-order valence-corrected chi connectivity index (χ0v) is 9.63. The van der Waals surface area contributed by atoms with Crippen LogP contribution >= 0.6 is 0 Å². The molecule has 0 spiro atoms. The highest BCUT2D eigenvalue weighted by atomic mass is 16.3. The average Bonchev–Trinajstić information content (AvgIpc) is 2.21. The van der Waals surface area contributed by atoms with Crippen molar-refractivity contribution in [1.29, 1.82) is 0 Å².